The van der Waals surface area contributed by atoms with E-state index in [9.17, 15) is 4.79 Å². The van der Waals surface area contributed by atoms with Gasteiger partial charge in [0.05, 0.1) is 36.4 Å². The van der Waals surface area contributed by atoms with Crippen molar-refractivity contribution < 1.29 is 9.53 Å². The van der Waals surface area contributed by atoms with Gasteiger partial charge in [0.25, 0.3) is 0 Å². The van der Waals surface area contributed by atoms with Crippen LogP contribution in [0.2, 0.25) is 0 Å². The average Bonchev–Trinajstić information content (AvgIpc) is 3.18. The molecule has 2 aromatic rings. The first-order valence-electron chi connectivity index (χ1n) is 7.78. The zero-order valence-electron chi connectivity index (χ0n) is 13.7. The smallest absolute Gasteiger partial charge is 0.322 e. The lowest BCUT2D eigenvalue weighted by Gasteiger charge is -2.22. The highest BCUT2D eigenvalue weighted by Gasteiger charge is 2.24. The molecule has 0 saturated carbocycles. The Morgan fingerprint density at radius 1 is 1.43 bits per heavy atom. The van der Waals surface area contributed by atoms with Gasteiger partial charge in [-0.05, 0) is 31.9 Å². The molecule has 2 heterocycles. The zero-order chi connectivity index (χ0) is 16.4. The van der Waals surface area contributed by atoms with Gasteiger partial charge >= 0.3 is 6.03 Å². The molecular weight excluding hydrogens is 292 g/mol. The molecule has 6 heteroatoms. The Balaban J connectivity index is 1.70. The number of carbonyl (C=O) groups excluding carboxylic acids is 1. The number of likely N-dealkylation sites (N-methyl/N-ethyl adjacent to an activating group) is 1. The van der Waals surface area contributed by atoms with Crippen LogP contribution in [0, 0.1) is 13.8 Å². The summed E-state index contributed by atoms with van der Waals surface area (Å²) in [6.07, 6.45) is 4.37. The summed E-state index contributed by atoms with van der Waals surface area (Å²) < 4.78 is 7.11. The van der Waals surface area contributed by atoms with Crippen molar-refractivity contribution >= 4 is 11.7 Å². The van der Waals surface area contributed by atoms with Gasteiger partial charge in [0.15, 0.2) is 0 Å². The van der Waals surface area contributed by atoms with Gasteiger partial charge in [0.1, 0.15) is 0 Å². The molecule has 2 amide bonds. The van der Waals surface area contributed by atoms with Gasteiger partial charge in [-0.2, -0.15) is 5.10 Å². The normalized spacial score (nSPS) is 17.3. The van der Waals surface area contributed by atoms with Crippen molar-refractivity contribution in [3.63, 3.8) is 0 Å². The number of rotatable bonds is 3. The van der Waals surface area contributed by atoms with E-state index in [1.54, 1.807) is 22.8 Å². The minimum atomic E-state index is -0.138. The fraction of sp³-hybridized carbons (Fsp3) is 0.412. The second-order valence-electron chi connectivity index (χ2n) is 6.02. The third-order valence-corrected chi connectivity index (χ3v) is 4.21. The van der Waals surface area contributed by atoms with Gasteiger partial charge in [-0.25, -0.2) is 9.48 Å². The minimum Gasteiger partial charge on any atom is -0.379 e. The van der Waals surface area contributed by atoms with E-state index in [1.807, 2.05) is 12.3 Å². The number of carbonyl (C=O) groups is 1. The third kappa shape index (κ3) is 3.37. The molecule has 1 aliphatic heterocycles. The number of ether oxygens (including phenoxy) is 1. The predicted octanol–water partition coefficient (Wildman–Crippen LogP) is 2.74. The summed E-state index contributed by atoms with van der Waals surface area (Å²) in [5, 5.41) is 7.23. The monoisotopic (exact) mass is 314 g/mol. The maximum Gasteiger partial charge on any atom is 0.322 e. The number of urea groups is 1. The predicted molar refractivity (Wildman–Crippen MR) is 89.0 cm³/mol. The van der Waals surface area contributed by atoms with Gasteiger partial charge in [0.2, 0.25) is 0 Å². The number of hydrogen-bond acceptors (Lipinski definition) is 3. The average molecular weight is 314 g/mol. The van der Waals surface area contributed by atoms with Gasteiger partial charge < -0.3 is 15.0 Å². The maximum atomic E-state index is 12.3. The summed E-state index contributed by atoms with van der Waals surface area (Å²) in [6.45, 7) is 5.43. The van der Waals surface area contributed by atoms with E-state index in [0.717, 1.165) is 17.7 Å². The molecule has 23 heavy (non-hydrogen) atoms. The van der Waals surface area contributed by atoms with Crippen molar-refractivity contribution in [1.82, 2.24) is 14.7 Å². The molecule has 1 aromatic carbocycles. The number of anilines is 1. The highest BCUT2D eigenvalue weighted by atomic mass is 16.5. The van der Waals surface area contributed by atoms with Gasteiger partial charge in [0, 0.05) is 13.7 Å². The molecule has 1 N–H and O–H groups in total. The minimum absolute atomic E-state index is 0.138. The van der Waals surface area contributed by atoms with Crippen LogP contribution in [0.1, 0.15) is 17.5 Å². The molecule has 0 radical (unpaired) electrons. The summed E-state index contributed by atoms with van der Waals surface area (Å²) in [7, 11) is 1.79. The van der Waals surface area contributed by atoms with Crippen molar-refractivity contribution in [3.05, 3.63) is 41.7 Å². The number of benzene rings is 1. The van der Waals surface area contributed by atoms with E-state index in [-0.39, 0.29) is 12.1 Å². The Hall–Kier alpha value is -2.34. The molecule has 1 aromatic heterocycles. The molecule has 0 aliphatic carbocycles. The fourth-order valence-electron chi connectivity index (χ4n) is 2.79. The molecule has 122 valence electrons. The lowest BCUT2D eigenvalue weighted by atomic mass is 10.1. The van der Waals surface area contributed by atoms with E-state index >= 15 is 0 Å². The van der Waals surface area contributed by atoms with Crippen LogP contribution in [0.4, 0.5) is 10.5 Å². The van der Waals surface area contributed by atoms with Crippen LogP contribution < -0.4 is 5.32 Å². The van der Waals surface area contributed by atoms with Crippen molar-refractivity contribution in [3.8, 4) is 5.69 Å². The topological polar surface area (TPSA) is 59.4 Å². The van der Waals surface area contributed by atoms with Crippen LogP contribution in [-0.4, -0.2) is 47.0 Å². The lowest BCUT2D eigenvalue weighted by Crippen LogP contribution is -2.40. The number of hydrogen-bond donors (Lipinski definition) is 1. The number of nitrogens with zero attached hydrogens (tertiary/aromatic N) is 3. The van der Waals surface area contributed by atoms with Crippen LogP contribution in [-0.2, 0) is 4.74 Å². The van der Waals surface area contributed by atoms with Crippen LogP contribution in [0.15, 0.2) is 30.6 Å². The van der Waals surface area contributed by atoms with E-state index < -0.39 is 0 Å². The molecule has 3 rings (SSSR count). The Morgan fingerprint density at radius 3 is 2.96 bits per heavy atom. The SMILES string of the molecule is Cc1ccc(-n2cc(NC(=O)N(C)C3CCOC3)cn2)c(C)c1. The maximum absolute atomic E-state index is 12.3. The fourth-order valence-corrected chi connectivity index (χ4v) is 2.79. The molecule has 1 aliphatic rings. The third-order valence-electron chi connectivity index (χ3n) is 4.21. The molecular formula is C17H22N4O2. The second kappa shape index (κ2) is 6.42. The summed E-state index contributed by atoms with van der Waals surface area (Å²) in [5.41, 5.74) is 4.05. The molecule has 1 saturated heterocycles. The first-order valence-corrected chi connectivity index (χ1v) is 7.78. The Kier molecular flexibility index (Phi) is 4.34. The van der Waals surface area contributed by atoms with E-state index in [4.69, 9.17) is 4.74 Å². The van der Waals surface area contributed by atoms with Crippen molar-refractivity contribution in [1.29, 1.82) is 0 Å². The largest absolute Gasteiger partial charge is 0.379 e. The summed E-state index contributed by atoms with van der Waals surface area (Å²) in [5.74, 6) is 0. The second-order valence-corrected chi connectivity index (χ2v) is 6.02. The zero-order valence-corrected chi connectivity index (χ0v) is 13.7. The van der Waals surface area contributed by atoms with Crippen molar-refractivity contribution in [2.45, 2.75) is 26.3 Å². The Labute approximate surface area is 136 Å². The van der Waals surface area contributed by atoms with Gasteiger partial charge in [-0.15, -0.1) is 0 Å². The van der Waals surface area contributed by atoms with Crippen LogP contribution in [0.3, 0.4) is 0 Å². The molecule has 1 fully saturated rings. The molecule has 0 spiro atoms. The van der Waals surface area contributed by atoms with Crippen LogP contribution in [0.25, 0.3) is 5.69 Å². The highest BCUT2D eigenvalue weighted by Crippen LogP contribution is 2.18. The van der Waals surface area contributed by atoms with Gasteiger partial charge in [-0.1, -0.05) is 17.7 Å². The van der Waals surface area contributed by atoms with Crippen molar-refractivity contribution in [2.24, 2.45) is 0 Å². The van der Waals surface area contributed by atoms with Crippen LogP contribution in [0.5, 0.6) is 0 Å². The Morgan fingerprint density at radius 2 is 2.26 bits per heavy atom. The van der Waals surface area contributed by atoms with E-state index in [2.05, 4.69) is 36.4 Å². The highest BCUT2D eigenvalue weighted by molar-refractivity contribution is 5.89. The molecule has 1 unspecified atom stereocenters. The van der Waals surface area contributed by atoms with Gasteiger partial charge in [-0.3, -0.25) is 0 Å². The molecule has 6 nitrogen and oxygen atoms in total. The summed E-state index contributed by atoms with van der Waals surface area (Å²) in [4.78, 5) is 14.0. The Bertz CT molecular complexity index is 704. The number of aryl methyl sites for hydroxylation is 2. The standard InChI is InChI=1S/C17H22N4O2/c1-12-4-5-16(13(2)8-12)21-10-14(9-18-21)19-17(22)20(3)15-6-7-23-11-15/h4-5,8-10,15H,6-7,11H2,1-3H3,(H,19,22). The molecule has 0 bridgehead atoms. The summed E-state index contributed by atoms with van der Waals surface area (Å²) >= 11 is 0. The lowest BCUT2D eigenvalue weighted by molar-refractivity contribution is 0.164. The van der Waals surface area contributed by atoms with Crippen molar-refractivity contribution in [2.75, 3.05) is 25.6 Å². The summed E-state index contributed by atoms with van der Waals surface area (Å²) in [6, 6.07) is 6.20. The van der Waals surface area contributed by atoms with E-state index in [1.165, 1.54) is 5.56 Å². The number of aromatic nitrogens is 2. The number of nitrogens with one attached hydrogen (secondary N) is 1. The van der Waals surface area contributed by atoms with E-state index in [0.29, 0.717) is 18.9 Å². The quantitative estimate of drug-likeness (QED) is 0.947. The first kappa shape index (κ1) is 15.6. The van der Waals surface area contributed by atoms with Crippen LogP contribution >= 0.6 is 0 Å². The molecule has 1 atom stereocenters. The first-order chi connectivity index (χ1) is 11.0. The number of amides is 2.